The molecule has 0 saturated heterocycles. The minimum absolute atomic E-state index is 0.100. The van der Waals surface area contributed by atoms with E-state index in [0.29, 0.717) is 10.0 Å². The first-order chi connectivity index (χ1) is 9.15. The zero-order valence-electron chi connectivity index (χ0n) is 9.72. The van der Waals surface area contributed by atoms with Crippen LogP contribution in [0.3, 0.4) is 0 Å². The van der Waals surface area contributed by atoms with Gasteiger partial charge in [0.1, 0.15) is 19.3 Å². The number of halogens is 2. The summed E-state index contributed by atoms with van der Waals surface area (Å²) in [6, 6.07) is 5.09. The van der Waals surface area contributed by atoms with Crippen LogP contribution in [0, 0.1) is 0 Å². The average Bonchev–Trinajstić information content (AvgIpc) is 2.84. The van der Waals surface area contributed by atoms with Crippen LogP contribution in [0.25, 0.3) is 0 Å². The van der Waals surface area contributed by atoms with E-state index in [1.165, 1.54) is 17.3 Å². The van der Waals surface area contributed by atoms with Crippen molar-refractivity contribution in [2.45, 2.75) is 6.61 Å². The van der Waals surface area contributed by atoms with Gasteiger partial charge < -0.3 is 4.74 Å². The predicted octanol–water partition coefficient (Wildman–Crippen LogP) is 1.87. The number of carbonyl (C=O) groups is 1. The van der Waals surface area contributed by atoms with Crippen LogP contribution in [0.2, 0.25) is 10.0 Å². The molecule has 0 atom stereocenters. The highest BCUT2D eigenvalue weighted by atomic mass is 35.5. The lowest BCUT2D eigenvalue weighted by atomic mass is 10.2. The van der Waals surface area contributed by atoms with Gasteiger partial charge >= 0.3 is 0 Å². The number of benzene rings is 1. The lowest BCUT2D eigenvalue weighted by Gasteiger charge is -2.07. The summed E-state index contributed by atoms with van der Waals surface area (Å²) < 4.78 is 6.59. The van der Waals surface area contributed by atoms with Gasteiger partial charge in [0.2, 0.25) is 0 Å². The normalized spacial score (nSPS) is 10.4. The van der Waals surface area contributed by atoms with Crippen molar-refractivity contribution in [3.8, 4) is 0 Å². The molecule has 0 spiro atoms. The van der Waals surface area contributed by atoms with Gasteiger partial charge in [0, 0.05) is 10.0 Å². The Morgan fingerprint density at radius 1 is 1.32 bits per heavy atom. The quantitative estimate of drug-likeness (QED) is 0.915. The second-order valence-electron chi connectivity index (χ2n) is 3.63. The van der Waals surface area contributed by atoms with Crippen molar-refractivity contribution in [3.63, 3.8) is 0 Å². The molecule has 0 aliphatic rings. The van der Waals surface area contributed by atoms with Gasteiger partial charge in [-0.2, -0.15) is 0 Å². The molecule has 1 amide bonds. The van der Waals surface area contributed by atoms with Crippen LogP contribution in [0.1, 0.15) is 5.56 Å². The Labute approximate surface area is 119 Å². The number of ether oxygens (including phenoxy) is 1. The van der Waals surface area contributed by atoms with E-state index in [2.05, 4.69) is 15.6 Å². The van der Waals surface area contributed by atoms with Crippen LogP contribution < -0.4 is 5.43 Å². The van der Waals surface area contributed by atoms with E-state index in [9.17, 15) is 4.79 Å². The Bertz CT molecular complexity index is 560. The van der Waals surface area contributed by atoms with Crippen molar-refractivity contribution in [1.29, 1.82) is 0 Å². The maximum atomic E-state index is 11.5. The summed E-state index contributed by atoms with van der Waals surface area (Å²) in [4.78, 5) is 11.5. The van der Waals surface area contributed by atoms with Crippen LogP contribution in [0.5, 0.6) is 0 Å². The van der Waals surface area contributed by atoms with E-state index in [1.807, 2.05) is 0 Å². The molecule has 0 aliphatic carbocycles. The molecule has 1 heterocycles. The molecular weight excluding hydrogens is 291 g/mol. The van der Waals surface area contributed by atoms with E-state index in [0.717, 1.165) is 5.56 Å². The average molecular weight is 301 g/mol. The number of hydrogen-bond donors (Lipinski definition) is 1. The zero-order valence-corrected chi connectivity index (χ0v) is 11.2. The van der Waals surface area contributed by atoms with Crippen molar-refractivity contribution in [2.24, 2.45) is 0 Å². The second kappa shape index (κ2) is 6.51. The first-order valence-corrected chi connectivity index (χ1v) is 6.07. The molecular formula is C11H10Cl2N4O2. The third kappa shape index (κ3) is 4.20. The summed E-state index contributed by atoms with van der Waals surface area (Å²) in [5.41, 5.74) is 3.27. The number of hydrogen-bond acceptors (Lipinski definition) is 4. The van der Waals surface area contributed by atoms with Gasteiger partial charge in [-0.3, -0.25) is 10.2 Å². The van der Waals surface area contributed by atoms with Crippen LogP contribution in [-0.2, 0) is 16.1 Å². The summed E-state index contributed by atoms with van der Waals surface area (Å²) in [5, 5.41) is 8.16. The van der Waals surface area contributed by atoms with Gasteiger partial charge in [-0.1, -0.05) is 29.3 Å². The topological polar surface area (TPSA) is 69.0 Å². The van der Waals surface area contributed by atoms with Crippen LogP contribution in [0.15, 0.2) is 30.9 Å². The molecule has 19 heavy (non-hydrogen) atoms. The molecule has 2 aromatic rings. The second-order valence-corrected chi connectivity index (χ2v) is 4.48. The molecule has 2 rings (SSSR count). The van der Waals surface area contributed by atoms with Crippen LogP contribution in [0.4, 0.5) is 0 Å². The van der Waals surface area contributed by atoms with Crippen molar-refractivity contribution in [1.82, 2.24) is 14.9 Å². The van der Waals surface area contributed by atoms with E-state index in [4.69, 9.17) is 27.9 Å². The predicted molar refractivity (Wildman–Crippen MR) is 70.5 cm³/mol. The van der Waals surface area contributed by atoms with Gasteiger partial charge in [0.05, 0.1) is 6.61 Å². The van der Waals surface area contributed by atoms with Gasteiger partial charge in [-0.25, -0.2) is 4.68 Å². The van der Waals surface area contributed by atoms with Gasteiger partial charge in [-0.15, -0.1) is 10.2 Å². The Balaban J connectivity index is 1.78. The fourth-order valence-corrected chi connectivity index (χ4v) is 1.79. The molecule has 1 aromatic carbocycles. The molecule has 100 valence electrons. The summed E-state index contributed by atoms with van der Waals surface area (Å²) in [6.07, 6.45) is 2.74. The summed E-state index contributed by atoms with van der Waals surface area (Å²) in [6.45, 7) is 0.128. The molecule has 0 fully saturated rings. The third-order valence-electron chi connectivity index (χ3n) is 2.18. The maximum absolute atomic E-state index is 11.5. The van der Waals surface area contributed by atoms with E-state index < -0.39 is 0 Å². The lowest BCUT2D eigenvalue weighted by Crippen LogP contribution is -2.25. The molecule has 0 radical (unpaired) electrons. The monoisotopic (exact) mass is 300 g/mol. The Morgan fingerprint density at radius 3 is 2.74 bits per heavy atom. The highest BCUT2D eigenvalue weighted by Crippen LogP contribution is 2.21. The fraction of sp³-hybridized carbons (Fsp3) is 0.182. The Morgan fingerprint density at radius 2 is 2.05 bits per heavy atom. The number of nitrogens with one attached hydrogen (secondary N) is 1. The van der Waals surface area contributed by atoms with Gasteiger partial charge in [0.25, 0.3) is 5.91 Å². The lowest BCUT2D eigenvalue weighted by molar-refractivity contribution is -0.121. The highest BCUT2D eigenvalue weighted by molar-refractivity contribution is 6.35. The number of nitrogens with zero attached hydrogens (tertiary/aromatic N) is 3. The minimum atomic E-state index is -0.315. The van der Waals surface area contributed by atoms with Crippen molar-refractivity contribution in [2.75, 3.05) is 12.0 Å². The molecule has 0 bridgehead atoms. The number of carbonyl (C=O) groups excluding carboxylic acids is 1. The first-order valence-electron chi connectivity index (χ1n) is 5.31. The molecule has 0 aliphatic heterocycles. The standard InChI is InChI=1S/C11H10Cl2N4O2/c12-9-2-1-8(10(13)3-9)4-19-5-11(18)16-17-6-14-15-7-17/h1-3,6-7H,4-5H2,(H,16,18). The number of aromatic nitrogens is 3. The number of amides is 1. The van der Waals surface area contributed by atoms with Crippen LogP contribution in [-0.4, -0.2) is 27.4 Å². The highest BCUT2D eigenvalue weighted by Gasteiger charge is 2.05. The van der Waals surface area contributed by atoms with Crippen LogP contribution >= 0.6 is 23.2 Å². The third-order valence-corrected chi connectivity index (χ3v) is 2.77. The zero-order chi connectivity index (χ0) is 13.7. The number of rotatable bonds is 5. The molecule has 0 saturated carbocycles. The molecule has 6 nitrogen and oxygen atoms in total. The Kier molecular flexibility index (Phi) is 4.73. The largest absolute Gasteiger partial charge is 0.367 e. The summed E-state index contributed by atoms with van der Waals surface area (Å²) >= 11 is 11.8. The van der Waals surface area contributed by atoms with E-state index in [-0.39, 0.29) is 19.1 Å². The maximum Gasteiger partial charge on any atom is 0.264 e. The fourth-order valence-electron chi connectivity index (χ4n) is 1.33. The molecule has 8 heteroatoms. The SMILES string of the molecule is O=C(COCc1ccc(Cl)cc1Cl)Nn1cnnc1. The van der Waals surface area contributed by atoms with Gasteiger partial charge in [-0.05, 0) is 17.7 Å². The smallest absolute Gasteiger partial charge is 0.264 e. The van der Waals surface area contributed by atoms with Crippen molar-refractivity contribution < 1.29 is 9.53 Å². The first kappa shape index (κ1) is 13.8. The molecule has 1 aromatic heterocycles. The van der Waals surface area contributed by atoms with Gasteiger partial charge in [0.15, 0.2) is 0 Å². The Hall–Kier alpha value is -1.63. The van der Waals surface area contributed by atoms with Crippen molar-refractivity contribution >= 4 is 29.1 Å². The van der Waals surface area contributed by atoms with Crippen molar-refractivity contribution in [3.05, 3.63) is 46.5 Å². The van der Waals surface area contributed by atoms with E-state index in [1.54, 1.807) is 18.2 Å². The summed E-state index contributed by atoms with van der Waals surface area (Å²) in [7, 11) is 0. The molecule has 0 unspecified atom stereocenters. The van der Waals surface area contributed by atoms with E-state index >= 15 is 0 Å². The minimum Gasteiger partial charge on any atom is -0.367 e. The summed E-state index contributed by atoms with van der Waals surface area (Å²) in [5.74, 6) is -0.315. The molecule has 1 N–H and O–H groups in total.